The van der Waals surface area contributed by atoms with Gasteiger partial charge in [-0.1, -0.05) is 0 Å². The van der Waals surface area contributed by atoms with E-state index in [0.29, 0.717) is 18.3 Å². The molecule has 1 atom stereocenters. The maximum Gasteiger partial charge on any atom is 0.202 e. The molecule has 1 N–H and O–H groups in total. The van der Waals surface area contributed by atoms with Gasteiger partial charge in [0.1, 0.15) is 5.82 Å². The Labute approximate surface area is 99.4 Å². The highest BCUT2D eigenvalue weighted by Crippen LogP contribution is 2.28. The minimum absolute atomic E-state index is 0.0102. The van der Waals surface area contributed by atoms with E-state index in [1.807, 2.05) is 13.8 Å². The molecular weight excluding hydrogens is 246 g/mol. The molecule has 1 aliphatic rings. The molecule has 0 aromatic carbocycles. The van der Waals surface area contributed by atoms with Gasteiger partial charge in [0, 0.05) is 23.5 Å². The number of nitrogens with zero attached hydrogens (tertiary/aromatic N) is 2. The van der Waals surface area contributed by atoms with E-state index in [4.69, 9.17) is 0 Å². The maximum absolute atomic E-state index is 11.3. The van der Waals surface area contributed by atoms with Crippen LogP contribution in [0.1, 0.15) is 32.0 Å². The Morgan fingerprint density at radius 3 is 2.81 bits per heavy atom. The van der Waals surface area contributed by atoms with Gasteiger partial charge in [0.05, 0.1) is 11.5 Å². The summed E-state index contributed by atoms with van der Waals surface area (Å²) in [5.74, 6) is 1.13. The molecule has 0 amide bonds. The first-order valence-corrected chi connectivity index (χ1v) is 7.86. The summed E-state index contributed by atoms with van der Waals surface area (Å²) in [6, 6.07) is 0.313. The van der Waals surface area contributed by atoms with E-state index in [1.54, 1.807) is 0 Å². The minimum atomic E-state index is -2.85. The summed E-state index contributed by atoms with van der Waals surface area (Å²) in [5.41, 5.74) is 0. The van der Waals surface area contributed by atoms with Gasteiger partial charge in [0.15, 0.2) is 9.84 Å². The van der Waals surface area contributed by atoms with Crippen LogP contribution >= 0.6 is 11.5 Å². The van der Waals surface area contributed by atoms with Crippen molar-refractivity contribution in [1.82, 2.24) is 9.36 Å². The minimum Gasteiger partial charge on any atom is -0.358 e. The van der Waals surface area contributed by atoms with Crippen molar-refractivity contribution in [1.29, 1.82) is 0 Å². The average molecular weight is 261 g/mol. The van der Waals surface area contributed by atoms with Crippen LogP contribution in [0.5, 0.6) is 0 Å². The Balaban J connectivity index is 2.08. The van der Waals surface area contributed by atoms with E-state index in [1.165, 1.54) is 11.5 Å². The molecular formula is C9H15N3O2S2. The highest BCUT2D eigenvalue weighted by Gasteiger charge is 2.31. The molecule has 7 heteroatoms. The van der Waals surface area contributed by atoms with Gasteiger partial charge in [0.25, 0.3) is 0 Å². The molecule has 1 aromatic rings. The molecule has 2 heterocycles. The Morgan fingerprint density at radius 2 is 2.25 bits per heavy atom. The summed E-state index contributed by atoms with van der Waals surface area (Å²) in [5, 5.41) is 3.94. The maximum atomic E-state index is 11.3. The Kier molecular flexibility index (Phi) is 3.16. The third kappa shape index (κ3) is 2.70. The zero-order chi connectivity index (χ0) is 11.8. The van der Waals surface area contributed by atoms with Gasteiger partial charge in [-0.25, -0.2) is 13.4 Å². The second-order valence-electron chi connectivity index (χ2n) is 4.36. The number of aromatic nitrogens is 2. The van der Waals surface area contributed by atoms with Crippen LogP contribution in [0.2, 0.25) is 0 Å². The van der Waals surface area contributed by atoms with E-state index in [0.717, 1.165) is 5.13 Å². The molecule has 1 unspecified atom stereocenters. The summed E-state index contributed by atoms with van der Waals surface area (Å²) in [6.07, 6.45) is 0.653. The van der Waals surface area contributed by atoms with Crippen LogP contribution in [0.3, 0.4) is 0 Å². The van der Waals surface area contributed by atoms with Gasteiger partial charge in [-0.2, -0.15) is 4.37 Å². The molecule has 0 bridgehead atoms. The summed E-state index contributed by atoms with van der Waals surface area (Å²) in [6.45, 7) is 4.06. The van der Waals surface area contributed by atoms with Crippen LogP contribution in [0, 0.1) is 0 Å². The van der Waals surface area contributed by atoms with Crippen LogP contribution in [-0.2, 0) is 9.84 Å². The molecule has 90 valence electrons. The predicted octanol–water partition coefficient (Wildman–Crippen LogP) is 1.26. The van der Waals surface area contributed by atoms with Gasteiger partial charge in [-0.3, -0.25) is 0 Å². The van der Waals surface area contributed by atoms with Gasteiger partial charge >= 0.3 is 0 Å². The first kappa shape index (κ1) is 11.8. The molecule has 0 spiro atoms. The number of rotatable bonds is 3. The number of sulfone groups is 1. The summed E-state index contributed by atoms with van der Waals surface area (Å²) < 4.78 is 26.9. The Bertz CT molecular complexity index is 467. The molecule has 16 heavy (non-hydrogen) atoms. The second-order valence-corrected chi connectivity index (χ2v) is 7.34. The molecule has 1 saturated heterocycles. The molecule has 5 nitrogen and oxygen atoms in total. The molecule has 0 saturated carbocycles. The number of hydrogen-bond acceptors (Lipinski definition) is 6. The van der Waals surface area contributed by atoms with E-state index in [9.17, 15) is 8.42 Å². The van der Waals surface area contributed by atoms with Crippen LogP contribution in [0.25, 0.3) is 0 Å². The zero-order valence-corrected chi connectivity index (χ0v) is 10.9. The van der Waals surface area contributed by atoms with Crippen molar-refractivity contribution in [2.24, 2.45) is 0 Å². The largest absolute Gasteiger partial charge is 0.358 e. The third-order valence-electron chi connectivity index (χ3n) is 2.45. The summed E-state index contributed by atoms with van der Waals surface area (Å²) >= 11 is 1.30. The van der Waals surface area contributed by atoms with Crippen molar-refractivity contribution in [2.45, 2.75) is 32.2 Å². The van der Waals surface area contributed by atoms with E-state index < -0.39 is 9.84 Å². The fraction of sp³-hybridized carbons (Fsp3) is 0.778. The Hall–Kier alpha value is -0.690. The smallest absolute Gasteiger partial charge is 0.202 e. The van der Waals surface area contributed by atoms with E-state index in [-0.39, 0.29) is 17.4 Å². The van der Waals surface area contributed by atoms with E-state index >= 15 is 0 Å². The van der Waals surface area contributed by atoms with Gasteiger partial charge < -0.3 is 5.32 Å². The number of nitrogens with one attached hydrogen (secondary N) is 1. The molecule has 0 radical (unpaired) electrons. The molecule has 1 aliphatic heterocycles. The standard InChI is InChI=1S/C9H15N3O2S2/c1-6(2)10-9-11-8(12-15-9)7-3-4-16(13,14)5-7/h6-7H,3-5H2,1-2H3,(H,10,11,12). The highest BCUT2D eigenvalue weighted by atomic mass is 32.2. The first-order valence-electron chi connectivity index (χ1n) is 5.27. The van der Waals surface area contributed by atoms with Crippen molar-refractivity contribution in [2.75, 3.05) is 16.8 Å². The lowest BCUT2D eigenvalue weighted by molar-refractivity contribution is 0.601. The van der Waals surface area contributed by atoms with Crippen LogP contribution < -0.4 is 5.32 Å². The average Bonchev–Trinajstić information content (AvgIpc) is 2.71. The van der Waals surface area contributed by atoms with Crippen molar-refractivity contribution in [3.05, 3.63) is 5.82 Å². The lowest BCUT2D eigenvalue weighted by Crippen LogP contribution is -2.10. The SMILES string of the molecule is CC(C)Nc1nc(C2CCS(=O)(=O)C2)ns1. The van der Waals surface area contributed by atoms with Crippen LogP contribution in [-0.4, -0.2) is 35.3 Å². The lowest BCUT2D eigenvalue weighted by Gasteiger charge is -2.04. The van der Waals surface area contributed by atoms with Crippen molar-refractivity contribution < 1.29 is 8.42 Å². The summed E-state index contributed by atoms with van der Waals surface area (Å²) in [7, 11) is -2.85. The van der Waals surface area contributed by atoms with Gasteiger partial charge in [-0.15, -0.1) is 0 Å². The van der Waals surface area contributed by atoms with Gasteiger partial charge in [-0.05, 0) is 20.3 Å². The van der Waals surface area contributed by atoms with Gasteiger partial charge in [0.2, 0.25) is 5.13 Å². The quantitative estimate of drug-likeness (QED) is 0.887. The third-order valence-corrected chi connectivity index (χ3v) is 4.88. The van der Waals surface area contributed by atoms with Crippen molar-refractivity contribution >= 4 is 26.5 Å². The first-order chi connectivity index (χ1) is 7.46. The molecule has 1 aromatic heterocycles. The number of anilines is 1. The normalized spacial score (nSPS) is 23.8. The molecule has 1 fully saturated rings. The van der Waals surface area contributed by atoms with Crippen LogP contribution in [0.15, 0.2) is 0 Å². The fourth-order valence-corrected chi connectivity index (χ4v) is 4.24. The second kappa shape index (κ2) is 4.29. The monoisotopic (exact) mass is 261 g/mol. The lowest BCUT2D eigenvalue weighted by atomic mass is 10.1. The van der Waals surface area contributed by atoms with Crippen molar-refractivity contribution in [3.63, 3.8) is 0 Å². The van der Waals surface area contributed by atoms with E-state index in [2.05, 4.69) is 14.7 Å². The predicted molar refractivity (Wildman–Crippen MR) is 64.7 cm³/mol. The molecule has 2 rings (SSSR count). The topological polar surface area (TPSA) is 72.0 Å². The Morgan fingerprint density at radius 1 is 1.50 bits per heavy atom. The molecule has 0 aliphatic carbocycles. The zero-order valence-electron chi connectivity index (χ0n) is 9.30. The van der Waals surface area contributed by atoms with Crippen molar-refractivity contribution in [3.8, 4) is 0 Å². The van der Waals surface area contributed by atoms with Crippen LogP contribution in [0.4, 0.5) is 5.13 Å². The highest BCUT2D eigenvalue weighted by molar-refractivity contribution is 7.91. The summed E-state index contributed by atoms with van der Waals surface area (Å²) in [4.78, 5) is 4.33. The fourth-order valence-electron chi connectivity index (χ4n) is 1.70. The number of hydrogen-bond donors (Lipinski definition) is 1.